The number of urea groups is 1. The summed E-state index contributed by atoms with van der Waals surface area (Å²) in [5, 5.41) is 9.26. The van der Waals surface area contributed by atoms with Crippen molar-refractivity contribution in [2.24, 2.45) is 5.92 Å². The predicted octanol–water partition coefficient (Wildman–Crippen LogP) is 4.21. The summed E-state index contributed by atoms with van der Waals surface area (Å²) in [5.74, 6) is 0.240. The van der Waals surface area contributed by atoms with Crippen LogP contribution in [0.3, 0.4) is 0 Å². The van der Waals surface area contributed by atoms with E-state index in [9.17, 15) is 9.59 Å². The van der Waals surface area contributed by atoms with Crippen molar-refractivity contribution in [1.29, 1.82) is 0 Å². The number of rotatable bonds is 7. The lowest BCUT2D eigenvalue weighted by atomic mass is 9.94. The molecule has 0 radical (unpaired) electrons. The normalized spacial score (nSPS) is 18.7. The van der Waals surface area contributed by atoms with E-state index in [2.05, 4.69) is 20.9 Å². The van der Waals surface area contributed by atoms with Gasteiger partial charge in [0.15, 0.2) is 0 Å². The van der Waals surface area contributed by atoms with Crippen LogP contribution in [0.15, 0.2) is 54.6 Å². The number of amides is 3. The Bertz CT molecular complexity index is 927. The van der Waals surface area contributed by atoms with Crippen LogP contribution in [-0.4, -0.2) is 55.7 Å². The van der Waals surface area contributed by atoms with E-state index in [0.717, 1.165) is 57.6 Å². The zero-order chi connectivity index (χ0) is 23.8. The number of benzene rings is 2. The van der Waals surface area contributed by atoms with Crippen molar-refractivity contribution in [1.82, 2.24) is 15.5 Å². The number of hydrogen-bond acceptors (Lipinski definition) is 4. The summed E-state index contributed by atoms with van der Waals surface area (Å²) in [6.45, 7) is 4.47. The number of anilines is 1. The van der Waals surface area contributed by atoms with Gasteiger partial charge >= 0.3 is 6.03 Å². The van der Waals surface area contributed by atoms with Crippen LogP contribution < -0.4 is 16.0 Å². The van der Waals surface area contributed by atoms with Crippen LogP contribution in [0.25, 0.3) is 0 Å². The molecule has 2 aromatic carbocycles. The van der Waals surface area contributed by atoms with Gasteiger partial charge in [0.25, 0.3) is 0 Å². The molecule has 1 atom stereocenters. The third-order valence-corrected chi connectivity index (χ3v) is 6.95. The summed E-state index contributed by atoms with van der Waals surface area (Å²) < 4.78 is 5.49. The van der Waals surface area contributed by atoms with Crippen molar-refractivity contribution >= 4 is 29.2 Å². The number of likely N-dealkylation sites (tertiary alicyclic amines) is 1. The fourth-order valence-corrected chi connectivity index (χ4v) is 4.82. The van der Waals surface area contributed by atoms with E-state index in [0.29, 0.717) is 29.2 Å². The first-order chi connectivity index (χ1) is 16.6. The molecule has 34 heavy (non-hydrogen) atoms. The summed E-state index contributed by atoms with van der Waals surface area (Å²) in [5.41, 5.74) is 1.34. The maximum absolute atomic E-state index is 13.1. The summed E-state index contributed by atoms with van der Waals surface area (Å²) in [7, 11) is 0. The SMILES string of the molecule is O=C(Nc1ccc(Cl)cc1)N[C@@H](C(=O)NCC1CCN(C2CCOCC2)CC1)c1ccccc1. The summed E-state index contributed by atoms with van der Waals surface area (Å²) >= 11 is 5.91. The van der Waals surface area contributed by atoms with Crippen molar-refractivity contribution in [3.05, 3.63) is 65.2 Å². The highest BCUT2D eigenvalue weighted by Crippen LogP contribution is 2.23. The van der Waals surface area contributed by atoms with Gasteiger partial charge in [0, 0.05) is 36.5 Å². The van der Waals surface area contributed by atoms with Crippen molar-refractivity contribution in [2.45, 2.75) is 37.8 Å². The zero-order valence-electron chi connectivity index (χ0n) is 19.3. The van der Waals surface area contributed by atoms with Crippen molar-refractivity contribution in [3.8, 4) is 0 Å². The molecule has 2 aromatic rings. The van der Waals surface area contributed by atoms with E-state index in [1.54, 1.807) is 24.3 Å². The third-order valence-electron chi connectivity index (χ3n) is 6.69. The Hall–Kier alpha value is -2.61. The maximum Gasteiger partial charge on any atom is 0.320 e. The molecule has 2 fully saturated rings. The van der Waals surface area contributed by atoms with Gasteiger partial charge < -0.3 is 25.6 Å². The van der Waals surface area contributed by atoms with Crippen LogP contribution in [0.5, 0.6) is 0 Å². The number of carbonyl (C=O) groups excluding carboxylic acids is 2. The smallest absolute Gasteiger partial charge is 0.320 e. The molecule has 2 aliphatic rings. The third kappa shape index (κ3) is 6.95. The first kappa shape index (κ1) is 24.5. The fraction of sp³-hybridized carbons (Fsp3) is 0.462. The number of hydrogen-bond donors (Lipinski definition) is 3. The van der Waals surface area contributed by atoms with Crippen molar-refractivity contribution in [2.75, 3.05) is 38.2 Å². The van der Waals surface area contributed by atoms with Gasteiger partial charge in [-0.3, -0.25) is 4.79 Å². The Balaban J connectivity index is 1.30. The number of piperidine rings is 1. The lowest BCUT2D eigenvalue weighted by Crippen LogP contribution is -2.47. The molecule has 4 rings (SSSR count). The largest absolute Gasteiger partial charge is 0.381 e. The average Bonchev–Trinajstić information content (AvgIpc) is 2.88. The Morgan fingerprint density at radius 1 is 0.971 bits per heavy atom. The minimum absolute atomic E-state index is 0.204. The first-order valence-electron chi connectivity index (χ1n) is 12.1. The molecule has 0 aromatic heterocycles. The molecule has 7 nitrogen and oxygen atoms in total. The van der Waals surface area contributed by atoms with Gasteiger partial charge in [-0.2, -0.15) is 0 Å². The Morgan fingerprint density at radius 3 is 2.32 bits per heavy atom. The summed E-state index contributed by atoms with van der Waals surface area (Å²) in [6.07, 6.45) is 4.37. The Labute approximate surface area is 206 Å². The predicted molar refractivity (Wildman–Crippen MR) is 134 cm³/mol. The van der Waals surface area contributed by atoms with E-state index >= 15 is 0 Å². The fourth-order valence-electron chi connectivity index (χ4n) is 4.70. The van der Waals surface area contributed by atoms with E-state index in [1.165, 1.54) is 0 Å². The number of nitrogens with one attached hydrogen (secondary N) is 3. The van der Waals surface area contributed by atoms with Crippen LogP contribution in [0.4, 0.5) is 10.5 Å². The van der Waals surface area contributed by atoms with Crippen LogP contribution in [0.1, 0.15) is 37.3 Å². The number of halogens is 1. The summed E-state index contributed by atoms with van der Waals surface area (Å²) in [4.78, 5) is 28.3. The molecule has 2 heterocycles. The second-order valence-corrected chi connectivity index (χ2v) is 9.45. The lowest BCUT2D eigenvalue weighted by molar-refractivity contribution is -0.123. The van der Waals surface area contributed by atoms with Crippen LogP contribution in [0, 0.1) is 5.92 Å². The molecular weight excluding hydrogens is 452 g/mol. The molecule has 0 unspecified atom stereocenters. The van der Waals surface area contributed by atoms with E-state index < -0.39 is 12.1 Å². The second kappa shape index (κ2) is 12.2. The van der Waals surface area contributed by atoms with Gasteiger partial charge in [0.05, 0.1) is 0 Å². The molecule has 2 saturated heterocycles. The minimum Gasteiger partial charge on any atom is -0.381 e. The summed E-state index contributed by atoms with van der Waals surface area (Å²) in [6, 6.07) is 15.5. The molecule has 0 saturated carbocycles. The minimum atomic E-state index is -0.782. The standard InChI is InChI=1S/C26H33ClN4O3/c27-21-6-8-22(9-7-21)29-26(33)30-24(20-4-2-1-3-5-20)25(32)28-18-19-10-14-31(15-11-19)23-12-16-34-17-13-23/h1-9,19,23-24H,10-18H2,(H,28,32)(H2,29,30,33)/t24-/m1/s1. The maximum atomic E-state index is 13.1. The molecular formula is C26H33ClN4O3. The van der Waals surface area contributed by atoms with Crippen LogP contribution in [-0.2, 0) is 9.53 Å². The molecule has 0 spiro atoms. The van der Waals surface area contributed by atoms with Gasteiger partial charge in [-0.25, -0.2) is 4.79 Å². The molecule has 0 bridgehead atoms. The molecule has 3 amide bonds. The molecule has 8 heteroatoms. The second-order valence-electron chi connectivity index (χ2n) is 9.02. The quantitative estimate of drug-likeness (QED) is 0.549. The zero-order valence-corrected chi connectivity index (χ0v) is 20.1. The van der Waals surface area contributed by atoms with Crippen molar-refractivity contribution in [3.63, 3.8) is 0 Å². The topological polar surface area (TPSA) is 82.7 Å². The van der Waals surface area contributed by atoms with E-state index in [4.69, 9.17) is 16.3 Å². The number of ether oxygens (including phenoxy) is 1. The molecule has 3 N–H and O–H groups in total. The van der Waals surface area contributed by atoms with Gasteiger partial charge in [-0.15, -0.1) is 0 Å². The lowest BCUT2D eigenvalue weighted by Gasteiger charge is -2.39. The van der Waals surface area contributed by atoms with Crippen LogP contribution >= 0.6 is 11.6 Å². The van der Waals surface area contributed by atoms with Crippen LogP contribution in [0.2, 0.25) is 5.02 Å². The number of nitrogens with zero attached hydrogens (tertiary/aromatic N) is 1. The van der Waals surface area contributed by atoms with Gasteiger partial charge in [0.1, 0.15) is 6.04 Å². The van der Waals surface area contributed by atoms with Gasteiger partial charge in [-0.1, -0.05) is 41.9 Å². The van der Waals surface area contributed by atoms with Gasteiger partial charge in [-0.05, 0) is 74.5 Å². The van der Waals surface area contributed by atoms with E-state index in [-0.39, 0.29) is 5.91 Å². The Morgan fingerprint density at radius 2 is 1.65 bits per heavy atom. The molecule has 2 aliphatic heterocycles. The van der Waals surface area contributed by atoms with Gasteiger partial charge in [0.2, 0.25) is 5.91 Å². The number of carbonyl (C=O) groups is 2. The average molecular weight is 485 g/mol. The molecule has 182 valence electrons. The van der Waals surface area contributed by atoms with Crippen molar-refractivity contribution < 1.29 is 14.3 Å². The Kier molecular flexibility index (Phi) is 8.79. The highest BCUT2D eigenvalue weighted by molar-refractivity contribution is 6.30. The highest BCUT2D eigenvalue weighted by Gasteiger charge is 2.28. The van der Waals surface area contributed by atoms with E-state index in [1.807, 2.05) is 30.3 Å². The monoisotopic (exact) mass is 484 g/mol. The highest BCUT2D eigenvalue weighted by atomic mass is 35.5. The first-order valence-corrected chi connectivity index (χ1v) is 12.4. The molecule has 0 aliphatic carbocycles.